The zero-order valence-electron chi connectivity index (χ0n) is 10.5. The number of aryl methyl sites for hydroxylation is 2. The van der Waals surface area contributed by atoms with E-state index in [2.05, 4.69) is 46.3 Å². The SMILES string of the molecule is CCc1cccnc1CNCc1ccn(C)c1. The minimum absolute atomic E-state index is 0.832. The van der Waals surface area contributed by atoms with Crippen molar-refractivity contribution in [3.63, 3.8) is 0 Å². The number of nitrogens with zero attached hydrogens (tertiary/aromatic N) is 2. The third-order valence-electron chi connectivity index (χ3n) is 2.88. The van der Waals surface area contributed by atoms with Gasteiger partial charge in [-0.05, 0) is 29.7 Å². The summed E-state index contributed by atoms with van der Waals surface area (Å²) in [5.41, 5.74) is 3.79. The van der Waals surface area contributed by atoms with Gasteiger partial charge in [0.2, 0.25) is 0 Å². The van der Waals surface area contributed by atoms with Gasteiger partial charge in [-0.15, -0.1) is 0 Å². The van der Waals surface area contributed by atoms with Gasteiger partial charge in [0.1, 0.15) is 0 Å². The quantitative estimate of drug-likeness (QED) is 0.852. The van der Waals surface area contributed by atoms with E-state index in [0.29, 0.717) is 0 Å². The smallest absolute Gasteiger partial charge is 0.0573 e. The summed E-state index contributed by atoms with van der Waals surface area (Å²) >= 11 is 0. The fourth-order valence-corrected chi connectivity index (χ4v) is 1.94. The van der Waals surface area contributed by atoms with Crippen molar-refractivity contribution in [3.05, 3.63) is 53.6 Å². The fraction of sp³-hybridized carbons (Fsp3) is 0.357. The first-order valence-corrected chi connectivity index (χ1v) is 6.04. The van der Waals surface area contributed by atoms with Crippen LogP contribution in [-0.4, -0.2) is 9.55 Å². The summed E-state index contributed by atoms with van der Waals surface area (Å²) in [6.07, 6.45) is 7.09. The van der Waals surface area contributed by atoms with Gasteiger partial charge in [-0.2, -0.15) is 0 Å². The summed E-state index contributed by atoms with van der Waals surface area (Å²) in [5.74, 6) is 0. The second-order valence-electron chi connectivity index (χ2n) is 4.25. The van der Waals surface area contributed by atoms with Gasteiger partial charge >= 0.3 is 0 Å². The van der Waals surface area contributed by atoms with E-state index in [1.165, 1.54) is 11.1 Å². The molecule has 2 aromatic heterocycles. The number of rotatable bonds is 5. The van der Waals surface area contributed by atoms with Crippen molar-refractivity contribution in [1.29, 1.82) is 0 Å². The van der Waals surface area contributed by atoms with Crippen LogP contribution in [0.1, 0.15) is 23.7 Å². The highest BCUT2D eigenvalue weighted by Crippen LogP contribution is 2.06. The van der Waals surface area contributed by atoms with Gasteiger partial charge in [-0.3, -0.25) is 4.98 Å². The highest BCUT2D eigenvalue weighted by molar-refractivity contribution is 5.19. The second kappa shape index (κ2) is 5.64. The van der Waals surface area contributed by atoms with Crippen LogP contribution in [-0.2, 0) is 26.6 Å². The molecule has 0 aliphatic rings. The highest BCUT2D eigenvalue weighted by atomic mass is 14.9. The maximum atomic E-state index is 4.42. The molecule has 0 spiro atoms. The van der Waals surface area contributed by atoms with Crippen molar-refractivity contribution >= 4 is 0 Å². The van der Waals surface area contributed by atoms with Crippen LogP contribution in [0, 0.1) is 0 Å². The number of hydrogen-bond acceptors (Lipinski definition) is 2. The summed E-state index contributed by atoms with van der Waals surface area (Å²) in [4.78, 5) is 4.42. The van der Waals surface area contributed by atoms with Crippen LogP contribution >= 0.6 is 0 Å². The van der Waals surface area contributed by atoms with E-state index in [4.69, 9.17) is 0 Å². The van der Waals surface area contributed by atoms with E-state index in [1.54, 1.807) is 0 Å². The van der Waals surface area contributed by atoms with Crippen LogP contribution in [0.5, 0.6) is 0 Å². The zero-order chi connectivity index (χ0) is 12.1. The van der Waals surface area contributed by atoms with E-state index >= 15 is 0 Å². The molecular formula is C14H19N3. The van der Waals surface area contributed by atoms with E-state index in [0.717, 1.165) is 25.2 Å². The third kappa shape index (κ3) is 3.17. The van der Waals surface area contributed by atoms with Crippen molar-refractivity contribution in [1.82, 2.24) is 14.9 Å². The summed E-state index contributed by atoms with van der Waals surface area (Å²) < 4.78 is 2.06. The first-order chi connectivity index (χ1) is 8.29. The molecule has 0 bridgehead atoms. The molecule has 2 rings (SSSR count). The maximum Gasteiger partial charge on any atom is 0.0573 e. The van der Waals surface area contributed by atoms with Gasteiger partial charge in [0, 0.05) is 38.7 Å². The van der Waals surface area contributed by atoms with Gasteiger partial charge in [-0.25, -0.2) is 0 Å². The largest absolute Gasteiger partial charge is 0.357 e. The number of pyridine rings is 1. The molecule has 0 fully saturated rings. The predicted octanol–water partition coefficient (Wildman–Crippen LogP) is 2.27. The Bertz CT molecular complexity index is 474. The molecule has 0 unspecified atom stereocenters. The van der Waals surface area contributed by atoms with Crippen LogP contribution in [0.25, 0.3) is 0 Å². The second-order valence-corrected chi connectivity index (χ2v) is 4.25. The Kier molecular flexibility index (Phi) is 3.94. The minimum atomic E-state index is 0.832. The van der Waals surface area contributed by atoms with Crippen molar-refractivity contribution in [2.75, 3.05) is 0 Å². The zero-order valence-corrected chi connectivity index (χ0v) is 10.5. The summed E-state index contributed by atoms with van der Waals surface area (Å²) in [5, 5.41) is 3.43. The number of nitrogens with one attached hydrogen (secondary N) is 1. The van der Waals surface area contributed by atoms with E-state index < -0.39 is 0 Å². The van der Waals surface area contributed by atoms with E-state index in [-0.39, 0.29) is 0 Å². The molecule has 17 heavy (non-hydrogen) atoms. The summed E-state index contributed by atoms with van der Waals surface area (Å²) in [6.45, 7) is 3.89. The van der Waals surface area contributed by atoms with Crippen LogP contribution in [0.4, 0.5) is 0 Å². The molecule has 3 nitrogen and oxygen atoms in total. The monoisotopic (exact) mass is 229 g/mol. The van der Waals surface area contributed by atoms with Gasteiger partial charge in [0.25, 0.3) is 0 Å². The molecular weight excluding hydrogens is 210 g/mol. The maximum absolute atomic E-state index is 4.42. The molecule has 90 valence electrons. The molecule has 1 N–H and O–H groups in total. The average molecular weight is 229 g/mol. The molecule has 0 radical (unpaired) electrons. The molecule has 0 saturated carbocycles. The summed E-state index contributed by atoms with van der Waals surface area (Å²) in [7, 11) is 2.04. The molecule has 0 aromatic carbocycles. The topological polar surface area (TPSA) is 29.9 Å². The Morgan fingerprint density at radius 3 is 2.88 bits per heavy atom. The van der Waals surface area contributed by atoms with Gasteiger partial charge < -0.3 is 9.88 Å². The Morgan fingerprint density at radius 1 is 1.29 bits per heavy atom. The first kappa shape index (κ1) is 11.9. The molecule has 0 saturated heterocycles. The molecule has 0 aliphatic carbocycles. The average Bonchev–Trinajstić information content (AvgIpc) is 2.76. The lowest BCUT2D eigenvalue weighted by Gasteiger charge is -2.07. The van der Waals surface area contributed by atoms with E-state index in [9.17, 15) is 0 Å². The van der Waals surface area contributed by atoms with Crippen molar-refractivity contribution in [3.8, 4) is 0 Å². The van der Waals surface area contributed by atoms with Crippen LogP contribution in [0.2, 0.25) is 0 Å². The Morgan fingerprint density at radius 2 is 2.18 bits per heavy atom. The van der Waals surface area contributed by atoms with Crippen LogP contribution in [0.3, 0.4) is 0 Å². The van der Waals surface area contributed by atoms with Gasteiger partial charge in [0.05, 0.1) is 5.69 Å². The van der Waals surface area contributed by atoms with Crippen LogP contribution in [0.15, 0.2) is 36.8 Å². The standard InChI is InChI=1S/C14H19N3/c1-3-13-5-4-7-16-14(13)10-15-9-12-6-8-17(2)11-12/h4-8,11,15H,3,9-10H2,1-2H3. The molecule has 2 aromatic rings. The molecule has 2 heterocycles. The molecule has 0 atom stereocenters. The van der Waals surface area contributed by atoms with E-state index in [1.807, 2.05) is 19.3 Å². The van der Waals surface area contributed by atoms with Crippen molar-refractivity contribution < 1.29 is 0 Å². The Balaban J connectivity index is 1.89. The Hall–Kier alpha value is -1.61. The van der Waals surface area contributed by atoms with Gasteiger partial charge in [-0.1, -0.05) is 13.0 Å². The minimum Gasteiger partial charge on any atom is -0.357 e. The lowest BCUT2D eigenvalue weighted by Crippen LogP contribution is -2.14. The molecule has 0 amide bonds. The molecule has 0 aliphatic heterocycles. The van der Waals surface area contributed by atoms with Crippen molar-refractivity contribution in [2.24, 2.45) is 7.05 Å². The predicted molar refractivity (Wildman–Crippen MR) is 69.6 cm³/mol. The third-order valence-corrected chi connectivity index (χ3v) is 2.88. The first-order valence-electron chi connectivity index (χ1n) is 6.04. The van der Waals surface area contributed by atoms with Gasteiger partial charge in [0.15, 0.2) is 0 Å². The van der Waals surface area contributed by atoms with Crippen LogP contribution < -0.4 is 5.32 Å². The highest BCUT2D eigenvalue weighted by Gasteiger charge is 2.01. The molecule has 3 heteroatoms. The lowest BCUT2D eigenvalue weighted by atomic mass is 10.1. The number of hydrogen-bond donors (Lipinski definition) is 1. The summed E-state index contributed by atoms with van der Waals surface area (Å²) in [6, 6.07) is 6.28. The van der Waals surface area contributed by atoms with Crippen molar-refractivity contribution in [2.45, 2.75) is 26.4 Å². The fourth-order valence-electron chi connectivity index (χ4n) is 1.94. The number of aromatic nitrogens is 2. The normalized spacial score (nSPS) is 10.7. The lowest BCUT2D eigenvalue weighted by molar-refractivity contribution is 0.672. The Labute approximate surface area is 103 Å².